The summed E-state index contributed by atoms with van der Waals surface area (Å²) in [5.41, 5.74) is 10.3. The Morgan fingerprint density at radius 3 is 1.13 bits per heavy atom. The Bertz CT molecular complexity index is 1580. The van der Waals surface area contributed by atoms with E-state index in [4.69, 9.17) is 0 Å². The average molecular weight is 489 g/mol. The van der Waals surface area contributed by atoms with Crippen LogP contribution in [0.5, 0.6) is 0 Å². The van der Waals surface area contributed by atoms with Crippen LogP contribution < -0.4 is 10.2 Å². The summed E-state index contributed by atoms with van der Waals surface area (Å²) in [5.74, 6) is 0. The summed E-state index contributed by atoms with van der Waals surface area (Å²) in [6, 6.07) is 57.4. The van der Waals surface area contributed by atoms with Crippen LogP contribution in [0, 0.1) is 0 Å². The largest absolute Gasteiger partial charge is 0.356 e. The molecule has 0 saturated heterocycles. The summed E-state index contributed by atoms with van der Waals surface area (Å²) in [6.07, 6.45) is 0. The highest BCUT2D eigenvalue weighted by molar-refractivity contribution is 5.80. The smallest absolute Gasteiger partial charge is 0.0462 e. The van der Waals surface area contributed by atoms with Gasteiger partial charge >= 0.3 is 0 Å². The van der Waals surface area contributed by atoms with Gasteiger partial charge in [-0.2, -0.15) is 0 Å². The Labute approximate surface area is 224 Å². The molecule has 0 aliphatic rings. The van der Waals surface area contributed by atoms with Gasteiger partial charge in [0, 0.05) is 28.4 Å². The molecular weight excluding hydrogens is 460 g/mol. The van der Waals surface area contributed by atoms with Crippen molar-refractivity contribution in [3.63, 3.8) is 0 Å². The maximum Gasteiger partial charge on any atom is 0.0462 e. The van der Waals surface area contributed by atoms with Crippen molar-refractivity contribution < 1.29 is 0 Å². The van der Waals surface area contributed by atoms with Gasteiger partial charge in [-0.15, -0.1) is 0 Å². The fourth-order valence-electron chi connectivity index (χ4n) is 4.69. The normalized spacial score (nSPS) is 10.6. The fourth-order valence-corrected chi connectivity index (χ4v) is 4.69. The number of anilines is 5. The molecule has 182 valence electrons. The molecule has 0 aliphatic carbocycles. The molecule has 6 aromatic carbocycles. The van der Waals surface area contributed by atoms with Crippen molar-refractivity contribution in [3.05, 3.63) is 164 Å². The topological polar surface area (TPSA) is 15.3 Å². The lowest BCUT2D eigenvalue weighted by atomic mass is 10.0. The second kappa shape index (κ2) is 10.9. The van der Waals surface area contributed by atoms with Gasteiger partial charge in [0.05, 0.1) is 0 Å². The SMILES string of the molecule is c1ccc(Nc2ccc(-c3ccc(N(c4ccccc4)c4ccc(-c5ccccc5)cc4)cc3)cc2)cc1. The highest BCUT2D eigenvalue weighted by Crippen LogP contribution is 2.36. The Kier molecular flexibility index (Phi) is 6.69. The monoisotopic (exact) mass is 488 g/mol. The fraction of sp³-hybridized carbons (Fsp3) is 0. The molecule has 0 bridgehead atoms. The maximum atomic E-state index is 3.45. The number of hydrogen-bond acceptors (Lipinski definition) is 2. The van der Waals surface area contributed by atoms with Crippen LogP contribution in [-0.4, -0.2) is 0 Å². The zero-order chi connectivity index (χ0) is 25.6. The van der Waals surface area contributed by atoms with Crippen LogP contribution in [0.4, 0.5) is 28.4 Å². The van der Waals surface area contributed by atoms with Gasteiger partial charge in [0.25, 0.3) is 0 Å². The summed E-state index contributed by atoms with van der Waals surface area (Å²) in [5, 5.41) is 3.45. The van der Waals surface area contributed by atoms with E-state index in [0.29, 0.717) is 0 Å². The molecule has 6 aromatic rings. The van der Waals surface area contributed by atoms with Gasteiger partial charge in [0.2, 0.25) is 0 Å². The minimum absolute atomic E-state index is 1.07. The third-order valence-corrected chi connectivity index (χ3v) is 6.65. The van der Waals surface area contributed by atoms with E-state index in [1.807, 2.05) is 18.2 Å². The van der Waals surface area contributed by atoms with Crippen LogP contribution in [0.25, 0.3) is 22.3 Å². The van der Waals surface area contributed by atoms with E-state index in [1.165, 1.54) is 22.3 Å². The second-order valence-corrected chi connectivity index (χ2v) is 9.20. The van der Waals surface area contributed by atoms with Crippen molar-refractivity contribution in [1.29, 1.82) is 0 Å². The van der Waals surface area contributed by atoms with Crippen molar-refractivity contribution >= 4 is 28.4 Å². The number of hydrogen-bond donors (Lipinski definition) is 1. The van der Waals surface area contributed by atoms with Crippen LogP contribution in [0.1, 0.15) is 0 Å². The first-order valence-corrected chi connectivity index (χ1v) is 12.9. The lowest BCUT2D eigenvalue weighted by Crippen LogP contribution is -2.09. The van der Waals surface area contributed by atoms with E-state index in [9.17, 15) is 0 Å². The van der Waals surface area contributed by atoms with E-state index in [0.717, 1.165) is 28.4 Å². The lowest BCUT2D eigenvalue weighted by molar-refractivity contribution is 1.28. The highest BCUT2D eigenvalue weighted by atomic mass is 15.1. The number of rotatable bonds is 7. The van der Waals surface area contributed by atoms with Crippen LogP contribution in [0.15, 0.2) is 164 Å². The Morgan fingerprint density at radius 1 is 0.289 bits per heavy atom. The maximum absolute atomic E-state index is 3.45. The molecule has 0 fully saturated rings. The summed E-state index contributed by atoms with van der Waals surface area (Å²) in [7, 11) is 0. The van der Waals surface area contributed by atoms with Crippen LogP contribution in [-0.2, 0) is 0 Å². The molecule has 0 saturated carbocycles. The molecule has 2 nitrogen and oxygen atoms in total. The van der Waals surface area contributed by atoms with Crippen molar-refractivity contribution in [2.75, 3.05) is 10.2 Å². The van der Waals surface area contributed by atoms with E-state index in [2.05, 4.69) is 156 Å². The molecule has 0 unspecified atom stereocenters. The second-order valence-electron chi connectivity index (χ2n) is 9.20. The summed E-state index contributed by atoms with van der Waals surface area (Å²) >= 11 is 0. The average Bonchev–Trinajstić information content (AvgIpc) is 3.00. The molecule has 0 atom stereocenters. The first-order chi connectivity index (χ1) is 18.8. The predicted octanol–water partition coefficient (Wildman–Crippen LogP) is 10.2. The van der Waals surface area contributed by atoms with E-state index in [-0.39, 0.29) is 0 Å². The molecule has 1 N–H and O–H groups in total. The van der Waals surface area contributed by atoms with Gasteiger partial charge in [-0.25, -0.2) is 0 Å². The number of nitrogens with zero attached hydrogens (tertiary/aromatic N) is 1. The van der Waals surface area contributed by atoms with Crippen LogP contribution in [0.2, 0.25) is 0 Å². The minimum atomic E-state index is 1.07. The van der Waals surface area contributed by atoms with Gasteiger partial charge in [-0.05, 0) is 82.9 Å². The number of benzene rings is 6. The van der Waals surface area contributed by atoms with Crippen molar-refractivity contribution in [1.82, 2.24) is 0 Å². The molecule has 0 aliphatic heterocycles. The molecule has 0 amide bonds. The van der Waals surface area contributed by atoms with Crippen molar-refractivity contribution in [2.45, 2.75) is 0 Å². The van der Waals surface area contributed by atoms with Crippen LogP contribution in [0.3, 0.4) is 0 Å². The molecule has 2 heteroatoms. The quantitative estimate of drug-likeness (QED) is 0.240. The van der Waals surface area contributed by atoms with Gasteiger partial charge in [0.15, 0.2) is 0 Å². The third-order valence-electron chi connectivity index (χ3n) is 6.65. The molecular formula is C36H28N2. The van der Waals surface area contributed by atoms with Crippen LogP contribution >= 0.6 is 0 Å². The third kappa shape index (κ3) is 5.21. The highest BCUT2D eigenvalue weighted by Gasteiger charge is 2.13. The molecule has 0 spiro atoms. The number of nitrogens with one attached hydrogen (secondary N) is 1. The molecule has 38 heavy (non-hydrogen) atoms. The molecule has 0 aromatic heterocycles. The summed E-state index contributed by atoms with van der Waals surface area (Å²) < 4.78 is 0. The summed E-state index contributed by atoms with van der Waals surface area (Å²) in [6.45, 7) is 0. The molecule has 0 heterocycles. The Hall–Kier alpha value is -5.08. The lowest BCUT2D eigenvalue weighted by Gasteiger charge is -2.26. The first kappa shape index (κ1) is 23.3. The van der Waals surface area contributed by atoms with E-state index < -0.39 is 0 Å². The molecule has 6 rings (SSSR count). The molecule has 0 radical (unpaired) electrons. The van der Waals surface area contributed by atoms with Gasteiger partial charge in [-0.1, -0.05) is 103 Å². The van der Waals surface area contributed by atoms with Gasteiger partial charge < -0.3 is 10.2 Å². The zero-order valence-electron chi connectivity index (χ0n) is 21.0. The van der Waals surface area contributed by atoms with E-state index in [1.54, 1.807) is 0 Å². The van der Waals surface area contributed by atoms with Gasteiger partial charge in [-0.3, -0.25) is 0 Å². The first-order valence-electron chi connectivity index (χ1n) is 12.9. The number of para-hydroxylation sites is 2. The zero-order valence-corrected chi connectivity index (χ0v) is 21.0. The predicted molar refractivity (Wildman–Crippen MR) is 162 cm³/mol. The Morgan fingerprint density at radius 2 is 0.632 bits per heavy atom. The van der Waals surface area contributed by atoms with Gasteiger partial charge in [0.1, 0.15) is 0 Å². The standard InChI is InChI=1S/C36H28N2/c1-4-10-28(11-5-1)30-18-24-35(25-19-30)38(34-14-8-3-9-15-34)36-26-20-31(21-27-36)29-16-22-33(23-17-29)37-32-12-6-2-7-13-32/h1-27,37H. The van der Waals surface area contributed by atoms with E-state index >= 15 is 0 Å². The van der Waals surface area contributed by atoms with Crippen molar-refractivity contribution in [2.24, 2.45) is 0 Å². The minimum Gasteiger partial charge on any atom is -0.356 e. The Balaban J connectivity index is 1.27. The summed E-state index contributed by atoms with van der Waals surface area (Å²) in [4.78, 5) is 2.30. The van der Waals surface area contributed by atoms with Crippen molar-refractivity contribution in [3.8, 4) is 22.3 Å².